The third-order valence-electron chi connectivity index (χ3n) is 8.11. The van der Waals surface area contributed by atoms with Crippen molar-refractivity contribution in [2.75, 3.05) is 10.8 Å². The van der Waals surface area contributed by atoms with Crippen molar-refractivity contribution in [1.82, 2.24) is 10.2 Å². The number of aryl methyl sites for hydroxylation is 3. The van der Waals surface area contributed by atoms with Gasteiger partial charge < -0.3 is 10.2 Å². The Labute approximate surface area is 244 Å². The minimum atomic E-state index is -4.08. The van der Waals surface area contributed by atoms with Gasteiger partial charge in [-0.15, -0.1) is 0 Å². The van der Waals surface area contributed by atoms with Crippen LogP contribution in [0.2, 0.25) is 0 Å². The molecule has 3 aromatic carbocycles. The first kappa shape index (κ1) is 30.3. The van der Waals surface area contributed by atoms with Crippen LogP contribution in [0.3, 0.4) is 0 Å². The SMILES string of the molecule is Cc1ccc(N(CC(=O)N(Cc2ccccc2C)[C@H](C)C(=O)NC2CCCCC2)S(=O)(=O)c2ccccc2)cc1C. The van der Waals surface area contributed by atoms with E-state index in [4.69, 9.17) is 0 Å². The Morgan fingerprint density at radius 3 is 2.17 bits per heavy atom. The molecule has 0 aliphatic heterocycles. The van der Waals surface area contributed by atoms with Crippen molar-refractivity contribution in [3.05, 3.63) is 95.1 Å². The first-order valence-electron chi connectivity index (χ1n) is 14.4. The molecule has 1 aliphatic rings. The van der Waals surface area contributed by atoms with Crippen molar-refractivity contribution >= 4 is 27.5 Å². The number of anilines is 1. The van der Waals surface area contributed by atoms with Crippen molar-refractivity contribution in [3.63, 3.8) is 0 Å². The standard InChI is InChI=1S/C33H41N3O4S/c1-24-19-20-30(21-26(24)3)36(41(39,40)31-17-9-6-10-18-31)23-32(37)35(22-28-14-12-11-13-25(28)2)27(4)33(38)34-29-15-7-5-8-16-29/h6,9-14,17-21,27,29H,5,7-8,15-16,22-23H2,1-4H3,(H,34,38)/t27-/m1/s1. The van der Waals surface area contributed by atoms with Crippen LogP contribution in [0.1, 0.15) is 61.3 Å². The lowest BCUT2D eigenvalue weighted by atomic mass is 9.95. The molecule has 0 radical (unpaired) electrons. The molecule has 0 aromatic heterocycles. The quantitative estimate of drug-likeness (QED) is 0.337. The molecule has 3 aromatic rings. The average molecular weight is 576 g/mol. The van der Waals surface area contributed by atoms with E-state index < -0.39 is 28.5 Å². The number of sulfonamides is 1. The molecule has 1 N–H and O–H groups in total. The summed E-state index contributed by atoms with van der Waals surface area (Å²) in [6.45, 7) is 7.31. The molecule has 0 heterocycles. The van der Waals surface area contributed by atoms with Gasteiger partial charge in [-0.3, -0.25) is 13.9 Å². The molecule has 0 unspecified atom stereocenters. The molecule has 0 bridgehead atoms. The van der Waals surface area contributed by atoms with Crippen molar-refractivity contribution in [3.8, 4) is 0 Å². The van der Waals surface area contributed by atoms with E-state index in [9.17, 15) is 18.0 Å². The van der Waals surface area contributed by atoms with Gasteiger partial charge in [0.2, 0.25) is 11.8 Å². The third kappa shape index (κ3) is 7.36. The molecule has 0 spiro atoms. The average Bonchev–Trinajstić information content (AvgIpc) is 2.97. The minimum absolute atomic E-state index is 0.0968. The lowest BCUT2D eigenvalue weighted by Gasteiger charge is -2.33. The van der Waals surface area contributed by atoms with Crippen molar-refractivity contribution in [2.24, 2.45) is 0 Å². The van der Waals surface area contributed by atoms with Crippen LogP contribution in [0.15, 0.2) is 77.7 Å². The van der Waals surface area contributed by atoms with E-state index in [1.807, 2.05) is 51.1 Å². The van der Waals surface area contributed by atoms with E-state index in [0.29, 0.717) is 5.69 Å². The summed E-state index contributed by atoms with van der Waals surface area (Å²) in [6, 6.07) is 20.5. The molecule has 1 aliphatic carbocycles. The fourth-order valence-corrected chi connectivity index (χ4v) is 6.68. The fraction of sp³-hybridized carbons (Fsp3) is 0.394. The van der Waals surface area contributed by atoms with E-state index in [1.54, 1.807) is 37.3 Å². The highest BCUT2D eigenvalue weighted by Gasteiger charge is 2.33. The second-order valence-corrected chi connectivity index (χ2v) is 12.9. The van der Waals surface area contributed by atoms with Crippen molar-refractivity contribution in [2.45, 2.75) is 83.3 Å². The maximum Gasteiger partial charge on any atom is 0.264 e. The largest absolute Gasteiger partial charge is 0.352 e. The summed E-state index contributed by atoms with van der Waals surface area (Å²) in [5.41, 5.74) is 4.24. The van der Waals surface area contributed by atoms with Gasteiger partial charge in [-0.1, -0.05) is 67.8 Å². The van der Waals surface area contributed by atoms with Gasteiger partial charge in [0.25, 0.3) is 10.0 Å². The Morgan fingerprint density at radius 1 is 0.854 bits per heavy atom. The molecule has 2 amide bonds. The van der Waals surface area contributed by atoms with Crippen molar-refractivity contribution in [1.29, 1.82) is 0 Å². The molecule has 1 fully saturated rings. The monoisotopic (exact) mass is 575 g/mol. The lowest BCUT2D eigenvalue weighted by Crippen LogP contribution is -2.53. The second-order valence-electron chi connectivity index (χ2n) is 11.1. The minimum Gasteiger partial charge on any atom is -0.352 e. The predicted octanol–water partition coefficient (Wildman–Crippen LogP) is 5.67. The van der Waals surface area contributed by atoms with Crippen LogP contribution >= 0.6 is 0 Å². The van der Waals surface area contributed by atoms with Crippen molar-refractivity contribution < 1.29 is 18.0 Å². The Bertz CT molecular complexity index is 1470. The molecule has 41 heavy (non-hydrogen) atoms. The molecule has 4 rings (SSSR count). The van der Waals surface area contributed by atoms with E-state index >= 15 is 0 Å². The number of rotatable bonds is 10. The van der Waals surface area contributed by atoms with Gasteiger partial charge in [-0.05, 0) is 87.1 Å². The van der Waals surface area contributed by atoms with E-state index in [1.165, 1.54) is 23.5 Å². The van der Waals surface area contributed by atoms with Gasteiger partial charge in [0.15, 0.2) is 0 Å². The summed E-state index contributed by atoms with van der Waals surface area (Å²) in [4.78, 5) is 29.2. The zero-order valence-electron chi connectivity index (χ0n) is 24.5. The van der Waals surface area contributed by atoms with Crippen LogP contribution in [0.4, 0.5) is 5.69 Å². The predicted molar refractivity (Wildman–Crippen MR) is 163 cm³/mol. The van der Waals surface area contributed by atoms with E-state index in [-0.39, 0.29) is 23.4 Å². The highest BCUT2D eigenvalue weighted by Crippen LogP contribution is 2.27. The summed E-state index contributed by atoms with van der Waals surface area (Å²) in [7, 11) is -4.08. The van der Waals surface area contributed by atoms with E-state index in [2.05, 4.69) is 5.32 Å². The van der Waals surface area contributed by atoms with Crippen LogP contribution in [0, 0.1) is 20.8 Å². The topological polar surface area (TPSA) is 86.8 Å². The normalized spacial score (nSPS) is 14.7. The summed E-state index contributed by atoms with van der Waals surface area (Å²) in [5, 5.41) is 3.14. The summed E-state index contributed by atoms with van der Waals surface area (Å²) in [5.74, 6) is -0.667. The zero-order valence-corrected chi connectivity index (χ0v) is 25.3. The number of hydrogen-bond acceptors (Lipinski definition) is 4. The molecule has 8 heteroatoms. The smallest absolute Gasteiger partial charge is 0.264 e. The van der Waals surface area contributed by atoms with Gasteiger partial charge in [0.1, 0.15) is 12.6 Å². The van der Waals surface area contributed by atoms with Gasteiger partial charge in [-0.2, -0.15) is 0 Å². The van der Waals surface area contributed by atoms with Crippen LogP contribution in [0.25, 0.3) is 0 Å². The molecule has 0 saturated heterocycles. The molecule has 1 saturated carbocycles. The highest BCUT2D eigenvalue weighted by atomic mass is 32.2. The van der Waals surface area contributed by atoms with E-state index in [0.717, 1.165) is 52.2 Å². The molecule has 218 valence electrons. The van der Waals surface area contributed by atoms with Crippen LogP contribution in [-0.2, 0) is 26.2 Å². The third-order valence-corrected chi connectivity index (χ3v) is 9.90. The zero-order chi connectivity index (χ0) is 29.6. The number of carbonyl (C=O) groups excluding carboxylic acids is 2. The second kappa shape index (κ2) is 13.3. The Hall–Kier alpha value is -3.65. The maximum absolute atomic E-state index is 14.2. The number of nitrogens with zero attached hydrogens (tertiary/aromatic N) is 2. The van der Waals surface area contributed by atoms with Gasteiger partial charge in [-0.25, -0.2) is 8.42 Å². The number of nitrogens with one attached hydrogen (secondary N) is 1. The Morgan fingerprint density at radius 2 is 1.51 bits per heavy atom. The Kier molecular flexibility index (Phi) is 9.86. The number of benzene rings is 3. The van der Waals surface area contributed by atoms with Crippen LogP contribution in [0.5, 0.6) is 0 Å². The summed E-state index contributed by atoms with van der Waals surface area (Å²) < 4.78 is 29.0. The van der Waals surface area contributed by atoms with Crippen LogP contribution < -0.4 is 9.62 Å². The Balaban J connectivity index is 1.69. The molecular weight excluding hydrogens is 534 g/mol. The fourth-order valence-electron chi connectivity index (χ4n) is 5.25. The number of carbonyl (C=O) groups is 2. The molecule has 1 atom stereocenters. The molecular formula is C33H41N3O4S. The summed E-state index contributed by atoms with van der Waals surface area (Å²) >= 11 is 0. The van der Waals surface area contributed by atoms with Gasteiger partial charge in [0.05, 0.1) is 10.6 Å². The van der Waals surface area contributed by atoms with Gasteiger partial charge in [0, 0.05) is 12.6 Å². The lowest BCUT2D eigenvalue weighted by molar-refractivity contribution is -0.139. The molecule has 7 nitrogen and oxygen atoms in total. The van der Waals surface area contributed by atoms with Gasteiger partial charge >= 0.3 is 0 Å². The first-order chi connectivity index (χ1) is 19.6. The first-order valence-corrected chi connectivity index (χ1v) is 15.8. The highest BCUT2D eigenvalue weighted by molar-refractivity contribution is 7.92. The van der Waals surface area contributed by atoms with Crippen LogP contribution in [-0.4, -0.2) is 43.8 Å². The number of amides is 2. The maximum atomic E-state index is 14.2. The number of hydrogen-bond donors (Lipinski definition) is 1. The summed E-state index contributed by atoms with van der Waals surface area (Å²) in [6.07, 6.45) is 5.19.